The maximum Gasteiger partial charge on any atom is 0.271 e. The van der Waals surface area contributed by atoms with Gasteiger partial charge >= 0.3 is 0 Å². The molecule has 0 amide bonds. The Balaban J connectivity index is 2.03. The van der Waals surface area contributed by atoms with Gasteiger partial charge in [0, 0.05) is 37.0 Å². The number of non-ortho nitro benzene ring substituents is 1. The highest BCUT2D eigenvalue weighted by atomic mass is 16.6. The van der Waals surface area contributed by atoms with Crippen LogP contribution < -0.4 is 0 Å². The molecule has 0 bridgehead atoms. The molecule has 0 saturated carbocycles. The summed E-state index contributed by atoms with van der Waals surface area (Å²) in [6.07, 6.45) is 3.71. The lowest BCUT2D eigenvalue weighted by Crippen LogP contribution is -1.98. The first-order chi connectivity index (χ1) is 9.13. The number of hydrogen-bond donors (Lipinski definition) is 0. The van der Waals surface area contributed by atoms with Crippen LogP contribution in [0.5, 0.6) is 0 Å². The number of nitro benzene ring substituents is 1. The average Bonchev–Trinajstić information content (AvgIpc) is 2.96. The second-order valence-corrected chi connectivity index (χ2v) is 4.33. The normalized spacial score (nSPS) is 11.0. The van der Waals surface area contributed by atoms with Crippen molar-refractivity contribution in [1.82, 2.24) is 19.6 Å². The molecular formula is C12H11N5O2. The highest BCUT2D eigenvalue weighted by molar-refractivity contribution is 5.82. The zero-order valence-corrected chi connectivity index (χ0v) is 10.2. The van der Waals surface area contributed by atoms with E-state index in [1.807, 2.05) is 23.0 Å². The first-order valence-electron chi connectivity index (χ1n) is 5.72. The molecule has 0 aliphatic heterocycles. The Labute approximate surface area is 108 Å². The first kappa shape index (κ1) is 11.4. The van der Waals surface area contributed by atoms with E-state index in [-0.39, 0.29) is 10.6 Å². The van der Waals surface area contributed by atoms with Crippen LogP contribution in [0.3, 0.4) is 0 Å². The molecule has 0 radical (unpaired) electrons. The standard InChI is InChI=1S/C12H11N5O2/c1-15-7-10(13-14-15)8-16-5-4-9-2-3-11(17(18)19)6-12(9)16/h2-7H,8H2,1H3. The molecule has 0 aliphatic carbocycles. The molecule has 1 aromatic carbocycles. The van der Waals surface area contributed by atoms with Gasteiger partial charge in [0.25, 0.3) is 5.69 Å². The van der Waals surface area contributed by atoms with Crippen molar-refractivity contribution in [3.8, 4) is 0 Å². The monoisotopic (exact) mass is 257 g/mol. The first-order valence-corrected chi connectivity index (χ1v) is 5.72. The smallest absolute Gasteiger partial charge is 0.271 e. The minimum atomic E-state index is -0.390. The molecule has 3 aromatic rings. The molecule has 19 heavy (non-hydrogen) atoms. The van der Waals surface area contributed by atoms with Gasteiger partial charge in [-0.15, -0.1) is 5.10 Å². The lowest BCUT2D eigenvalue weighted by molar-refractivity contribution is -0.384. The van der Waals surface area contributed by atoms with Crippen LogP contribution in [-0.2, 0) is 13.6 Å². The fourth-order valence-electron chi connectivity index (χ4n) is 2.07. The predicted molar refractivity (Wildman–Crippen MR) is 68.7 cm³/mol. The molecular weight excluding hydrogens is 246 g/mol. The minimum Gasteiger partial charge on any atom is -0.341 e. The number of rotatable bonds is 3. The maximum atomic E-state index is 10.8. The Hall–Kier alpha value is -2.70. The van der Waals surface area contributed by atoms with E-state index in [1.54, 1.807) is 23.9 Å². The lowest BCUT2D eigenvalue weighted by atomic mass is 10.2. The summed E-state index contributed by atoms with van der Waals surface area (Å²) in [4.78, 5) is 10.4. The van der Waals surface area contributed by atoms with Crippen molar-refractivity contribution in [2.75, 3.05) is 0 Å². The Bertz CT molecular complexity index is 758. The number of fused-ring (bicyclic) bond motifs is 1. The fourth-order valence-corrected chi connectivity index (χ4v) is 2.07. The molecule has 3 rings (SSSR count). The van der Waals surface area contributed by atoms with Crippen molar-refractivity contribution in [3.05, 3.63) is 52.5 Å². The summed E-state index contributed by atoms with van der Waals surface area (Å²) in [6, 6.07) is 6.76. The van der Waals surface area contributed by atoms with Crippen LogP contribution in [0.4, 0.5) is 5.69 Å². The summed E-state index contributed by atoms with van der Waals surface area (Å²) in [7, 11) is 1.80. The van der Waals surface area contributed by atoms with Crippen LogP contribution in [0.1, 0.15) is 5.69 Å². The van der Waals surface area contributed by atoms with Crippen LogP contribution in [-0.4, -0.2) is 24.5 Å². The maximum absolute atomic E-state index is 10.8. The van der Waals surface area contributed by atoms with Crippen LogP contribution in [0, 0.1) is 10.1 Å². The van der Waals surface area contributed by atoms with E-state index in [0.717, 1.165) is 16.6 Å². The van der Waals surface area contributed by atoms with E-state index in [1.165, 1.54) is 6.07 Å². The number of nitrogens with zero attached hydrogens (tertiary/aromatic N) is 5. The van der Waals surface area contributed by atoms with E-state index in [4.69, 9.17) is 0 Å². The second-order valence-electron chi connectivity index (χ2n) is 4.33. The molecule has 7 heteroatoms. The number of benzene rings is 1. The largest absolute Gasteiger partial charge is 0.341 e. The number of hydrogen-bond acceptors (Lipinski definition) is 4. The van der Waals surface area contributed by atoms with E-state index in [9.17, 15) is 10.1 Å². The van der Waals surface area contributed by atoms with Crippen molar-refractivity contribution >= 4 is 16.6 Å². The van der Waals surface area contributed by atoms with Gasteiger partial charge in [0.1, 0.15) is 5.69 Å². The molecule has 0 atom stereocenters. The predicted octanol–water partition coefficient (Wildman–Crippen LogP) is 1.73. The van der Waals surface area contributed by atoms with Gasteiger partial charge < -0.3 is 4.57 Å². The third kappa shape index (κ3) is 2.05. The SMILES string of the molecule is Cn1cc(Cn2ccc3ccc([N+](=O)[O-])cc32)nn1. The van der Waals surface area contributed by atoms with Crippen LogP contribution in [0.2, 0.25) is 0 Å². The topological polar surface area (TPSA) is 78.8 Å². The van der Waals surface area contributed by atoms with Gasteiger partial charge in [0.05, 0.1) is 17.0 Å². The van der Waals surface area contributed by atoms with Gasteiger partial charge in [-0.05, 0) is 12.1 Å². The summed E-state index contributed by atoms with van der Waals surface area (Å²) in [5, 5.41) is 19.7. The molecule has 0 spiro atoms. The molecule has 0 aliphatic rings. The zero-order valence-electron chi connectivity index (χ0n) is 10.2. The Morgan fingerprint density at radius 2 is 2.21 bits per heavy atom. The van der Waals surface area contributed by atoms with Crippen molar-refractivity contribution in [1.29, 1.82) is 0 Å². The van der Waals surface area contributed by atoms with Crippen molar-refractivity contribution in [2.24, 2.45) is 7.05 Å². The van der Waals surface area contributed by atoms with Gasteiger partial charge in [-0.1, -0.05) is 5.21 Å². The van der Waals surface area contributed by atoms with Crippen LogP contribution in [0.15, 0.2) is 36.7 Å². The zero-order chi connectivity index (χ0) is 13.4. The second kappa shape index (κ2) is 4.20. The number of aryl methyl sites for hydroxylation is 1. The van der Waals surface area contributed by atoms with E-state index < -0.39 is 0 Å². The van der Waals surface area contributed by atoms with Gasteiger partial charge in [0.15, 0.2) is 0 Å². The molecule has 2 aromatic heterocycles. The van der Waals surface area contributed by atoms with E-state index in [0.29, 0.717) is 6.54 Å². The van der Waals surface area contributed by atoms with E-state index >= 15 is 0 Å². The summed E-state index contributed by atoms with van der Waals surface area (Å²) in [6.45, 7) is 0.540. The summed E-state index contributed by atoms with van der Waals surface area (Å²) in [5.41, 5.74) is 1.72. The number of nitro groups is 1. The third-order valence-corrected chi connectivity index (χ3v) is 2.95. The van der Waals surface area contributed by atoms with Gasteiger partial charge in [-0.3, -0.25) is 14.8 Å². The lowest BCUT2D eigenvalue weighted by Gasteiger charge is -2.02. The molecule has 0 unspecified atom stereocenters. The average molecular weight is 257 g/mol. The van der Waals surface area contributed by atoms with Crippen molar-refractivity contribution in [3.63, 3.8) is 0 Å². The van der Waals surface area contributed by atoms with Crippen molar-refractivity contribution < 1.29 is 4.92 Å². The van der Waals surface area contributed by atoms with Crippen LogP contribution in [0.25, 0.3) is 10.9 Å². The van der Waals surface area contributed by atoms with Crippen LogP contribution >= 0.6 is 0 Å². The minimum absolute atomic E-state index is 0.0894. The molecule has 0 fully saturated rings. The molecule has 7 nitrogen and oxygen atoms in total. The highest BCUT2D eigenvalue weighted by Crippen LogP contribution is 2.22. The number of aromatic nitrogens is 4. The van der Waals surface area contributed by atoms with Gasteiger partial charge in [-0.2, -0.15) is 0 Å². The molecule has 96 valence electrons. The highest BCUT2D eigenvalue weighted by Gasteiger charge is 2.10. The van der Waals surface area contributed by atoms with Gasteiger partial charge in [-0.25, -0.2) is 0 Å². The Kier molecular flexibility index (Phi) is 2.52. The third-order valence-electron chi connectivity index (χ3n) is 2.95. The Morgan fingerprint density at radius 1 is 1.37 bits per heavy atom. The summed E-state index contributed by atoms with van der Waals surface area (Å²) in [5.74, 6) is 0. The quantitative estimate of drug-likeness (QED) is 0.528. The fraction of sp³-hybridized carbons (Fsp3) is 0.167. The van der Waals surface area contributed by atoms with Gasteiger partial charge in [0.2, 0.25) is 0 Å². The summed E-state index contributed by atoms with van der Waals surface area (Å²) >= 11 is 0. The molecule has 0 N–H and O–H groups in total. The molecule has 2 heterocycles. The summed E-state index contributed by atoms with van der Waals surface area (Å²) < 4.78 is 3.55. The Morgan fingerprint density at radius 3 is 2.89 bits per heavy atom. The van der Waals surface area contributed by atoms with Crippen molar-refractivity contribution in [2.45, 2.75) is 6.54 Å². The molecule has 0 saturated heterocycles. The van der Waals surface area contributed by atoms with E-state index in [2.05, 4.69) is 10.3 Å².